The highest BCUT2D eigenvalue weighted by Gasteiger charge is 2.35. The van der Waals surface area contributed by atoms with E-state index < -0.39 is 10.0 Å². The van der Waals surface area contributed by atoms with E-state index in [1.165, 1.54) is 0 Å². The van der Waals surface area contributed by atoms with Gasteiger partial charge in [0.15, 0.2) is 0 Å². The first-order valence-corrected chi connectivity index (χ1v) is 8.21. The molecule has 20 heavy (non-hydrogen) atoms. The Morgan fingerprint density at radius 2 is 1.90 bits per heavy atom. The summed E-state index contributed by atoms with van der Waals surface area (Å²) >= 11 is 0. The minimum Gasteiger partial charge on any atom is -0.496 e. The van der Waals surface area contributed by atoms with Crippen molar-refractivity contribution in [1.29, 1.82) is 0 Å². The van der Waals surface area contributed by atoms with Crippen molar-refractivity contribution in [3.8, 4) is 5.75 Å². The van der Waals surface area contributed by atoms with Crippen LogP contribution in [0.2, 0.25) is 0 Å². The van der Waals surface area contributed by atoms with Gasteiger partial charge in [-0.2, -0.15) is 4.31 Å². The van der Waals surface area contributed by atoms with Gasteiger partial charge in [0.2, 0.25) is 10.0 Å². The van der Waals surface area contributed by atoms with Crippen LogP contribution >= 0.6 is 0 Å². The number of benzene rings is 1. The molecule has 2 rings (SSSR count). The summed E-state index contributed by atoms with van der Waals surface area (Å²) in [5.41, 5.74) is 6.35. The molecule has 2 N–H and O–H groups in total. The van der Waals surface area contributed by atoms with Gasteiger partial charge in [-0.1, -0.05) is 13.8 Å². The fraction of sp³-hybridized carbons (Fsp3) is 0.571. The topological polar surface area (TPSA) is 72.6 Å². The van der Waals surface area contributed by atoms with E-state index in [4.69, 9.17) is 10.5 Å². The predicted octanol–water partition coefficient (Wildman–Crippen LogP) is 1.43. The highest BCUT2D eigenvalue weighted by Crippen LogP contribution is 2.30. The highest BCUT2D eigenvalue weighted by atomic mass is 32.2. The molecule has 1 aromatic carbocycles. The van der Waals surface area contributed by atoms with Crippen molar-refractivity contribution in [3.63, 3.8) is 0 Å². The number of ether oxygens (including phenoxy) is 1. The third-order valence-corrected chi connectivity index (χ3v) is 5.89. The molecule has 1 fully saturated rings. The molecular formula is C14H22N2O3S. The first-order chi connectivity index (χ1) is 9.40. The smallest absolute Gasteiger partial charge is 0.243 e. The van der Waals surface area contributed by atoms with Crippen molar-refractivity contribution >= 4 is 10.0 Å². The van der Waals surface area contributed by atoms with Gasteiger partial charge in [0.1, 0.15) is 5.75 Å². The summed E-state index contributed by atoms with van der Waals surface area (Å²) in [6.07, 6.45) is 0. The average Bonchev–Trinajstić information content (AvgIpc) is 2.78. The number of nitrogens with two attached hydrogens (primary N) is 1. The summed E-state index contributed by atoms with van der Waals surface area (Å²) in [6.45, 7) is 5.57. The summed E-state index contributed by atoms with van der Waals surface area (Å²) in [5, 5.41) is 0. The molecule has 0 spiro atoms. The Morgan fingerprint density at radius 3 is 2.40 bits per heavy atom. The molecule has 0 aliphatic carbocycles. The second kappa shape index (κ2) is 5.71. The monoisotopic (exact) mass is 298 g/mol. The molecule has 0 radical (unpaired) electrons. The van der Waals surface area contributed by atoms with Crippen molar-refractivity contribution in [1.82, 2.24) is 4.31 Å². The Bertz CT molecular complexity index is 576. The third kappa shape index (κ3) is 2.68. The van der Waals surface area contributed by atoms with E-state index in [9.17, 15) is 8.42 Å². The zero-order chi connectivity index (χ0) is 14.9. The van der Waals surface area contributed by atoms with Gasteiger partial charge in [-0.3, -0.25) is 0 Å². The van der Waals surface area contributed by atoms with E-state index in [0.717, 1.165) is 0 Å². The van der Waals surface area contributed by atoms with Crippen molar-refractivity contribution < 1.29 is 13.2 Å². The lowest BCUT2D eigenvalue weighted by Crippen LogP contribution is -2.29. The minimum absolute atomic E-state index is 0.249. The molecule has 0 amide bonds. The van der Waals surface area contributed by atoms with Gasteiger partial charge in [0, 0.05) is 25.2 Å². The highest BCUT2D eigenvalue weighted by molar-refractivity contribution is 7.89. The van der Waals surface area contributed by atoms with Crippen LogP contribution in [0.1, 0.15) is 19.4 Å². The lowest BCUT2D eigenvalue weighted by atomic mass is 10.0. The lowest BCUT2D eigenvalue weighted by Gasteiger charge is -2.17. The summed E-state index contributed by atoms with van der Waals surface area (Å²) in [7, 11) is -1.89. The molecule has 1 saturated heterocycles. The maximum atomic E-state index is 12.6. The van der Waals surface area contributed by atoms with Gasteiger partial charge in [0.05, 0.1) is 12.0 Å². The zero-order valence-corrected chi connectivity index (χ0v) is 13.0. The number of sulfonamides is 1. The quantitative estimate of drug-likeness (QED) is 0.912. The number of hydrogen-bond acceptors (Lipinski definition) is 4. The number of nitrogens with zero attached hydrogens (tertiary/aromatic N) is 1. The van der Waals surface area contributed by atoms with Crippen LogP contribution in [0.3, 0.4) is 0 Å². The molecule has 1 aromatic rings. The molecule has 1 aliphatic rings. The predicted molar refractivity (Wildman–Crippen MR) is 78.0 cm³/mol. The first kappa shape index (κ1) is 15.3. The second-order valence-corrected chi connectivity index (χ2v) is 7.39. The summed E-state index contributed by atoms with van der Waals surface area (Å²) < 4.78 is 32.0. The van der Waals surface area contributed by atoms with Crippen LogP contribution in [0, 0.1) is 11.8 Å². The van der Waals surface area contributed by atoms with Gasteiger partial charge in [-0.05, 0) is 30.0 Å². The number of rotatable bonds is 4. The van der Waals surface area contributed by atoms with E-state index >= 15 is 0 Å². The van der Waals surface area contributed by atoms with E-state index in [-0.39, 0.29) is 6.54 Å². The normalized spacial score (nSPS) is 24.0. The zero-order valence-electron chi connectivity index (χ0n) is 12.2. The van der Waals surface area contributed by atoms with Crippen molar-refractivity contribution in [2.45, 2.75) is 25.3 Å². The summed E-state index contributed by atoms with van der Waals surface area (Å²) in [6, 6.07) is 4.86. The van der Waals surface area contributed by atoms with Crippen LogP contribution in [0.5, 0.6) is 5.75 Å². The molecule has 1 heterocycles. The van der Waals surface area contributed by atoms with E-state index in [1.807, 2.05) is 0 Å². The molecule has 112 valence electrons. The lowest BCUT2D eigenvalue weighted by molar-refractivity contribution is 0.409. The molecule has 5 nitrogen and oxygen atoms in total. The third-order valence-electron chi connectivity index (χ3n) is 4.06. The SMILES string of the molecule is COc1ccc(S(=O)(=O)N2CC(C)C(C)C2)cc1CN. The van der Waals surface area contributed by atoms with Crippen LogP contribution in [0.25, 0.3) is 0 Å². The van der Waals surface area contributed by atoms with Crippen LogP contribution in [0.4, 0.5) is 0 Å². The van der Waals surface area contributed by atoms with Gasteiger partial charge in [-0.15, -0.1) is 0 Å². The molecule has 0 aromatic heterocycles. The minimum atomic E-state index is -3.44. The Kier molecular flexibility index (Phi) is 4.36. The van der Waals surface area contributed by atoms with Crippen molar-refractivity contribution in [2.24, 2.45) is 17.6 Å². The molecular weight excluding hydrogens is 276 g/mol. The van der Waals surface area contributed by atoms with E-state index in [0.29, 0.717) is 41.1 Å². The molecule has 1 aliphatic heterocycles. The fourth-order valence-electron chi connectivity index (χ4n) is 2.50. The Balaban J connectivity index is 2.35. The molecule has 6 heteroatoms. The molecule has 2 unspecified atom stereocenters. The molecule has 0 bridgehead atoms. The second-order valence-electron chi connectivity index (χ2n) is 5.45. The van der Waals surface area contributed by atoms with E-state index in [1.54, 1.807) is 29.6 Å². The number of hydrogen-bond donors (Lipinski definition) is 1. The number of methoxy groups -OCH3 is 1. The molecule has 2 atom stereocenters. The van der Waals surface area contributed by atoms with Gasteiger partial charge >= 0.3 is 0 Å². The standard InChI is InChI=1S/C14H22N2O3S/c1-10-8-16(9-11(10)2)20(17,18)13-4-5-14(19-3)12(6-13)7-15/h4-6,10-11H,7-9,15H2,1-3H3. The largest absolute Gasteiger partial charge is 0.496 e. The van der Waals surface area contributed by atoms with Crippen LogP contribution < -0.4 is 10.5 Å². The van der Waals surface area contributed by atoms with Crippen molar-refractivity contribution in [2.75, 3.05) is 20.2 Å². The first-order valence-electron chi connectivity index (χ1n) is 6.77. The van der Waals surface area contributed by atoms with Crippen molar-refractivity contribution in [3.05, 3.63) is 23.8 Å². The van der Waals surface area contributed by atoms with Crippen LogP contribution in [-0.4, -0.2) is 32.9 Å². The van der Waals surface area contributed by atoms with Gasteiger partial charge in [-0.25, -0.2) is 8.42 Å². The van der Waals surface area contributed by atoms with Gasteiger partial charge in [0.25, 0.3) is 0 Å². The Hall–Kier alpha value is -1.11. The fourth-order valence-corrected chi connectivity index (χ4v) is 4.19. The van der Waals surface area contributed by atoms with E-state index in [2.05, 4.69) is 13.8 Å². The van der Waals surface area contributed by atoms with Crippen LogP contribution in [0.15, 0.2) is 23.1 Å². The van der Waals surface area contributed by atoms with Gasteiger partial charge < -0.3 is 10.5 Å². The maximum Gasteiger partial charge on any atom is 0.243 e. The summed E-state index contributed by atoms with van der Waals surface area (Å²) in [5.74, 6) is 1.39. The Labute approximate surface area is 120 Å². The Morgan fingerprint density at radius 1 is 1.30 bits per heavy atom. The maximum absolute atomic E-state index is 12.6. The average molecular weight is 298 g/mol. The van der Waals surface area contributed by atoms with Crippen LogP contribution in [-0.2, 0) is 16.6 Å². The summed E-state index contributed by atoms with van der Waals surface area (Å²) in [4.78, 5) is 0.292. The molecule has 0 saturated carbocycles.